The highest BCUT2D eigenvalue weighted by Crippen LogP contribution is 2.29. The summed E-state index contributed by atoms with van der Waals surface area (Å²) in [6.45, 7) is 2.72. The largest absolute Gasteiger partial charge is 0.478 e. The second-order valence-electron chi connectivity index (χ2n) is 4.71. The molecule has 0 fully saturated rings. The first-order valence-electron chi connectivity index (χ1n) is 6.79. The van der Waals surface area contributed by atoms with Gasteiger partial charge in [0.05, 0.1) is 5.56 Å². The van der Waals surface area contributed by atoms with E-state index in [0.717, 1.165) is 5.56 Å². The minimum absolute atomic E-state index is 0.167. The van der Waals surface area contributed by atoms with Gasteiger partial charge in [0.25, 0.3) is 0 Å². The molecule has 114 valence electrons. The monoisotopic (exact) mass is 310 g/mol. The first kappa shape index (κ1) is 15.5. The van der Waals surface area contributed by atoms with E-state index < -0.39 is 16.8 Å². The van der Waals surface area contributed by atoms with Gasteiger partial charge in [-0.15, -0.1) is 0 Å². The Hall–Kier alpha value is -1.89. The summed E-state index contributed by atoms with van der Waals surface area (Å²) in [6.07, 6.45) is 0.712. The molecular weight excluding hydrogens is 292 g/mol. The van der Waals surface area contributed by atoms with Crippen molar-refractivity contribution in [2.24, 2.45) is 0 Å². The van der Waals surface area contributed by atoms with Crippen LogP contribution in [-0.2, 0) is 17.2 Å². The fourth-order valence-electron chi connectivity index (χ4n) is 2.23. The molecule has 1 heterocycles. The predicted octanol–water partition coefficient (Wildman–Crippen LogP) is 1.23. The van der Waals surface area contributed by atoms with Gasteiger partial charge in [-0.2, -0.15) is 0 Å². The van der Waals surface area contributed by atoms with Gasteiger partial charge in [-0.25, -0.2) is 9.59 Å². The van der Waals surface area contributed by atoms with Crippen LogP contribution < -0.4 is 10.2 Å². The highest BCUT2D eigenvalue weighted by molar-refractivity contribution is 7.84. The van der Waals surface area contributed by atoms with Gasteiger partial charge in [0.15, 0.2) is 0 Å². The molecule has 2 rings (SSSR count). The van der Waals surface area contributed by atoms with Gasteiger partial charge < -0.3 is 10.4 Å². The van der Waals surface area contributed by atoms with E-state index in [-0.39, 0.29) is 11.6 Å². The number of rotatable bonds is 5. The first-order chi connectivity index (χ1) is 10.0. The van der Waals surface area contributed by atoms with Crippen molar-refractivity contribution >= 4 is 28.5 Å². The van der Waals surface area contributed by atoms with Crippen LogP contribution in [0.2, 0.25) is 0 Å². The van der Waals surface area contributed by atoms with Crippen LogP contribution >= 0.6 is 0 Å². The van der Waals surface area contributed by atoms with Gasteiger partial charge >= 0.3 is 12.0 Å². The van der Waals surface area contributed by atoms with Gasteiger partial charge in [0.1, 0.15) is 0 Å². The van der Waals surface area contributed by atoms with Crippen molar-refractivity contribution in [2.45, 2.75) is 13.3 Å². The van der Waals surface area contributed by atoms with Crippen LogP contribution in [0.25, 0.3) is 0 Å². The Morgan fingerprint density at radius 2 is 2.19 bits per heavy atom. The second kappa shape index (κ2) is 6.71. The maximum absolute atomic E-state index is 12.1. The van der Waals surface area contributed by atoms with Crippen LogP contribution in [0, 0.1) is 0 Å². The van der Waals surface area contributed by atoms with Crippen molar-refractivity contribution in [1.29, 1.82) is 0 Å². The molecule has 0 saturated carbocycles. The molecule has 1 aliphatic rings. The Labute approximate surface area is 125 Å². The van der Waals surface area contributed by atoms with Crippen molar-refractivity contribution < 1.29 is 18.9 Å². The van der Waals surface area contributed by atoms with E-state index in [1.165, 1.54) is 11.0 Å². The third-order valence-electron chi connectivity index (χ3n) is 3.40. The van der Waals surface area contributed by atoms with Crippen LogP contribution in [0.1, 0.15) is 22.8 Å². The molecule has 1 aliphatic heterocycles. The van der Waals surface area contributed by atoms with Crippen LogP contribution in [0.15, 0.2) is 18.2 Å². The van der Waals surface area contributed by atoms with Gasteiger partial charge in [-0.1, -0.05) is 13.0 Å². The van der Waals surface area contributed by atoms with Gasteiger partial charge in [-0.05, 0) is 24.1 Å². The summed E-state index contributed by atoms with van der Waals surface area (Å²) in [5.74, 6) is -0.00827. The highest BCUT2D eigenvalue weighted by atomic mass is 32.2. The molecule has 2 N–H and O–H groups in total. The lowest BCUT2D eigenvalue weighted by Crippen LogP contribution is -2.40. The highest BCUT2D eigenvalue weighted by Gasteiger charge is 2.25. The Bertz CT molecular complexity index is 588. The SMILES string of the molecule is CCS(=O)CCNC(=O)N1CCc2ccc(C(=O)O)cc21. The number of hydrogen-bond acceptors (Lipinski definition) is 3. The molecule has 1 aromatic carbocycles. The van der Waals surface area contributed by atoms with E-state index in [1.807, 2.05) is 6.92 Å². The lowest BCUT2D eigenvalue weighted by atomic mass is 10.1. The van der Waals surface area contributed by atoms with E-state index in [4.69, 9.17) is 5.11 Å². The van der Waals surface area contributed by atoms with E-state index in [9.17, 15) is 13.8 Å². The summed E-state index contributed by atoms with van der Waals surface area (Å²) in [5.41, 5.74) is 1.77. The second-order valence-corrected chi connectivity index (χ2v) is 6.58. The number of carbonyl (C=O) groups excluding carboxylic acids is 1. The summed E-state index contributed by atoms with van der Waals surface area (Å²) in [5, 5.41) is 11.7. The molecule has 1 atom stereocenters. The zero-order valence-electron chi connectivity index (χ0n) is 11.8. The summed E-state index contributed by atoms with van der Waals surface area (Å²) in [6, 6.07) is 4.55. The number of carbonyl (C=O) groups is 2. The Morgan fingerprint density at radius 1 is 1.43 bits per heavy atom. The van der Waals surface area contributed by atoms with E-state index in [1.54, 1.807) is 12.1 Å². The smallest absolute Gasteiger partial charge is 0.335 e. The van der Waals surface area contributed by atoms with Crippen molar-refractivity contribution in [3.63, 3.8) is 0 Å². The molecule has 1 unspecified atom stereocenters. The summed E-state index contributed by atoms with van der Waals surface area (Å²) in [7, 11) is -0.911. The quantitative estimate of drug-likeness (QED) is 0.856. The van der Waals surface area contributed by atoms with E-state index in [0.29, 0.717) is 36.7 Å². The number of carboxylic acid groups (broad SMARTS) is 1. The third kappa shape index (κ3) is 3.60. The maximum atomic E-state index is 12.1. The topological polar surface area (TPSA) is 86.7 Å². The predicted molar refractivity (Wildman–Crippen MR) is 81.4 cm³/mol. The van der Waals surface area contributed by atoms with Crippen molar-refractivity contribution in [3.8, 4) is 0 Å². The Morgan fingerprint density at radius 3 is 2.86 bits per heavy atom. The average Bonchev–Trinajstić information content (AvgIpc) is 2.89. The van der Waals surface area contributed by atoms with Gasteiger partial charge in [0, 0.05) is 41.1 Å². The standard InChI is InChI=1S/C14H18N2O4S/c1-2-21(20)8-6-15-14(19)16-7-5-10-3-4-11(13(17)18)9-12(10)16/h3-4,9H,2,5-8H2,1H3,(H,15,19)(H,17,18). The van der Waals surface area contributed by atoms with Crippen LogP contribution in [0.4, 0.5) is 10.5 Å². The minimum atomic E-state index is -1.01. The zero-order chi connectivity index (χ0) is 15.4. The number of nitrogens with zero attached hydrogens (tertiary/aromatic N) is 1. The fourth-order valence-corrected chi connectivity index (χ4v) is 2.85. The van der Waals surface area contributed by atoms with Crippen LogP contribution in [0.3, 0.4) is 0 Å². The van der Waals surface area contributed by atoms with Crippen molar-refractivity contribution in [2.75, 3.05) is 29.5 Å². The third-order valence-corrected chi connectivity index (χ3v) is 4.70. The van der Waals surface area contributed by atoms with Crippen molar-refractivity contribution in [1.82, 2.24) is 5.32 Å². The molecule has 0 spiro atoms. The Kier molecular flexibility index (Phi) is 4.95. The maximum Gasteiger partial charge on any atom is 0.335 e. The first-order valence-corrected chi connectivity index (χ1v) is 8.28. The molecule has 7 heteroatoms. The number of anilines is 1. The molecule has 0 bridgehead atoms. The molecule has 1 aromatic rings. The number of urea groups is 1. The number of nitrogens with one attached hydrogen (secondary N) is 1. The number of benzene rings is 1. The number of hydrogen-bond donors (Lipinski definition) is 2. The summed E-state index contributed by atoms with van der Waals surface area (Å²) < 4.78 is 11.3. The molecule has 6 nitrogen and oxygen atoms in total. The molecular formula is C14H18N2O4S. The molecule has 0 aromatic heterocycles. The molecule has 0 saturated heterocycles. The average molecular weight is 310 g/mol. The van der Waals surface area contributed by atoms with Crippen LogP contribution in [0.5, 0.6) is 0 Å². The summed E-state index contributed by atoms with van der Waals surface area (Å²) in [4.78, 5) is 24.7. The number of fused-ring (bicyclic) bond motifs is 1. The molecule has 0 radical (unpaired) electrons. The number of amides is 2. The number of aromatic carboxylic acids is 1. The minimum Gasteiger partial charge on any atom is -0.478 e. The van der Waals surface area contributed by atoms with E-state index in [2.05, 4.69) is 5.32 Å². The lowest BCUT2D eigenvalue weighted by molar-refractivity contribution is 0.0697. The van der Waals surface area contributed by atoms with Gasteiger partial charge in [-0.3, -0.25) is 9.11 Å². The number of carboxylic acids is 1. The normalized spacial score (nSPS) is 14.6. The van der Waals surface area contributed by atoms with E-state index >= 15 is 0 Å². The molecule has 21 heavy (non-hydrogen) atoms. The lowest BCUT2D eigenvalue weighted by Gasteiger charge is -2.18. The molecule has 0 aliphatic carbocycles. The Balaban J connectivity index is 2.04. The van der Waals surface area contributed by atoms with Gasteiger partial charge in [0.2, 0.25) is 0 Å². The fraction of sp³-hybridized carbons (Fsp3) is 0.429. The molecule has 2 amide bonds. The van der Waals surface area contributed by atoms with Crippen molar-refractivity contribution in [3.05, 3.63) is 29.3 Å². The zero-order valence-corrected chi connectivity index (χ0v) is 12.6. The summed E-state index contributed by atoms with van der Waals surface area (Å²) >= 11 is 0. The van der Waals surface area contributed by atoms with Crippen LogP contribution in [-0.4, -0.2) is 45.9 Å².